The maximum atomic E-state index is 5.61. The van der Waals surface area contributed by atoms with Crippen LogP contribution in [-0.4, -0.2) is 54.6 Å². The van der Waals surface area contributed by atoms with Gasteiger partial charge in [0.15, 0.2) is 5.82 Å². The third kappa shape index (κ3) is 2.88. The van der Waals surface area contributed by atoms with E-state index in [1.54, 1.807) is 7.11 Å². The Kier molecular flexibility index (Phi) is 3.58. The van der Waals surface area contributed by atoms with E-state index in [4.69, 9.17) is 14.0 Å². The van der Waals surface area contributed by atoms with Gasteiger partial charge in [-0.15, -0.1) is 0 Å². The number of ether oxygens (including phenoxy) is 2. The highest BCUT2D eigenvalue weighted by atomic mass is 16.5. The summed E-state index contributed by atoms with van der Waals surface area (Å²) < 4.78 is 16.0. The van der Waals surface area contributed by atoms with E-state index in [2.05, 4.69) is 15.0 Å². The fourth-order valence-corrected chi connectivity index (χ4v) is 2.24. The van der Waals surface area contributed by atoms with Crippen molar-refractivity contribution in [3.63, 3.8) is 0 Å². The SMILES string of the molecule is COCC1CN(Cc2noc(C3CC3)n2)CCO1. The Morgan fingerprint density at radius 2 is 2.33 bits per heavy atom. The van der Waals surface area contributed by atoms with E-state index in [1.165, 1.54) is 12.8 Å². The zero-order valence-electron chi connectivity index (χ0n) is 10.7. The van der Waals surface area contributed by atoms with Gasteiger partial charge in [-0.05, 0) is 12.8 Å². The highest BCUT2D eigenvalue weighted by Gasteiger charge is 2.30. The second-order valence-electron chi connectivity index (χ2n) is 5.01. The van der Waals surface area contributed by atoms with Gasteiger partial charge in [0.1, 0.15) is 0 Å². The highest BCUT2D eigenvalue weighted by Crippen LogP contribution is 2.38. The van der Waals surface area contributed by atoms with Gasteiger partial charge in [-0.25, -0.2) is 0 Å². The molecule has 0 N–H and O–H groups in total. The second-order valence-corrected chi connectivity index (χ2v) is 5.01. The molecule has 1 atom stereocenters. The van der Waals surface area contributed by atoms with E-state index < -0.39 is 0 Å². The molecule has 0 spiro atoms. The van der Waals surface area contributed by atoms with Gasteiger partial charge in [0.05, 0.1) is 25.9 Å². The Morgan fingerprint density at radius 1 is 1.44 bits per heavy atom. The van der Waals surface area contributed by atoms with E-state index in [-0.39, 0.29) is 6.10 Å². The Morgan fingerprint density at radius 3 is 3.11 bits per heavy atom. The van der Waals surface area contributed by atoms with E-state index in [0.717, 1.165) is 38.0 Å². The molecule has 1 aliphatic carbocycles. The largest absolute Gasteiger partial charge is 0.382 e. The minimum absolute atomic E-state index is 0.151. The Hall–Kier alpha value is -0.980. The predicted molar refractivity (Wildman–Crippen MR) is 63.2 cm³/mol. The molecule has 100 valence electrons. The molecular formula is C12H19N3O3. The third-order valence-corrected chi connectivity index (χ3v) is 3.35. The van der Waals surface area contributed by atoms with Gasteiger partial charge in [0.25, 0.3) is 0 Å². The second kappa shape index (κ2) is 5.34. The maximum absolute atomic E-state index is 5.61. The number of methoxy groups -OCH3 is 1. The first kappa shape index (κ1) is 12.1. The summed E-state index contributed by atoms with van der Waals surface area (Å²) >= 11 is 0. The van der Waals surface area contributed by atoms with Crippen LogP contribution in [0.2, 0.25) is 0 Å². The van der Waals surface area contributed by atoms with Crippen molar-refractivity contribution in [3.8, 4) is 0 Å². The van der Waals surface area contributed by atoms with E-state index >= 15 is 0 Å². The molecule has 0 amide bonds. The number of hydrogen-bond donors (Lipinski definition) is 0. The normalized spacial score (nSPS) is 25.5. The van der Waals surface area contributed by atoms with Gasteiger partial charge in [-0.2, -0.15) is 4.98 Å². The molecule has 1 aromatic rings. The number of nitrogens with zero attached hydrogens (tertiary/aromatic N) is 3. The first-order valence-electron chi connectivity index (χ1n) is 6.50. The molecule has 1 saturated carbocycles. The highest BCUT2D eigenvalue weighted by molar-refractivity contribution is 5.01. The van der Waals surface area contributed by atoms with Crippen LogP contribution in [0.25, 0.3) is 0 Å². The minimum atomic E-state index is 0.151. The van der Waals surface area contributed by atoms with Crippen LogP contribution in [0.15, 0.2) is 4.52 Å². The van der Waals surface area contributed by atoms with E-state index in [1.807, 2.05) is 0 Å². The molecule has 1 aliphatic heterocycles. The molecule has 1 saturated heterocycles. The van der Waals surface area contributed by atoms with E-state index in [0.29, 0.717) is 12.5 Å². The fraction of sp³-hybridized carbons (Fsp3) is 0.833. The van der Waals surface area contributed by atoms with Crippen molar-refractivity contribution in [1.82, 2.24) is 15.0 Å². The number of morpholine rings is 1. The fourth-order valence-electron chi connectivity index (χ4n) is 2.24. The summed E-state index contributed by atoms with van der Waals surface area (Å²) in [4.78, 5) is 6.73. The zero-order chi connectivity index (χ0) is 12.4. The lowest BCUT2D eigenvalue weighted by molar-refractivity contribution is -0.0637. The lowest BCUT2D eigenvalue weighted by atomic mass is 10.3. The lowest BCUT2D eigenvalue weighted by Crippen LogP contribution is -2.43. The summed E-state index contributed by atoms with van der Waals surface area (Å²) in [6.07, 6.45) is 2.53. The Bertz CT molecular complexity index is 390. The van der Waals surface area contributed by atoms with Gasteiger partial charge in [-0.1, -0.05) is 5.16 Å². The Balaban J connectivity index is 1.54. The zero-order valence-corrected chi connectivity index (χ0v) is 10.7. The summed E-state index contributed by atoms with van der Waals surface area (Å²) in [6, 6.07) is 0. The summed E-state index contributed by atoms with van der Waals surface area (Å²) in [5, 5.41) is 4.04. The van der Waals surface area contributed by atoms with Crippen molar-refractivity contribution in [1.29, 1.82) is 0 Å². The maximum Gasteiger partial charge on any atom is 0.229 e. The molecule has 0 aromatic carbocycles. The predicted octanol–water partition coefficient (Wildman–Crippen LogP) is 0.794. The van der Waals surface area contributed by atoms with Crippen molar-refractivity contribution in [3.05, 3.63) is 11.7 Å². The number of rotatable bonds is 5. The quantitative estimate of drug-likeness (QED) is 0.773. The number of hydrogen-bond acceptors (Lipinski definition) is 6. The smallest absolute Gasteiger partial charge is 0.229 e. The molecule has 6 heteroatoms. The summed E-state index contributed by atoms with van der Waals surface area (Å²) in [7, 11) is 1.70. The Labute approximate surface area is 106 Å². The average molecular weight is 253 g/mol. The molecule has 6 nitrogen and oxygen atoms in total. The summed E-state index contributed by atoms with van der Waals surface area (Å²) in [6.45, 7) is 3.88. The van der Waals surface area contributed by atoms with Crippen molar-refractivity contribution in [2.75, 3.05) is 33.4 Å². The van der Waals surface area contributed by atoms with Crippen molar-refractivity contribution < 1.29 is 14.0 Å². The topological polar surface area (TPSA) is 60.6 Å². The monoisotopic (exact) mass is 253 g/mol. The molecule has 2 fully saturated rings. The van der Waals surface area contributed by atoms with Gasteiger partial charge >= 0.3 is 0 Å². The van der Waals surface area contributed by atoms with Gasteiger partial charge < -0.3 is 14.0 Å². The van der Waals surface area contributed by atoms with Crippen molar-refractivity contribution >= 4 is 0 Å². The summed E-state index contributed by atoms with van der Waals surface area (Å²) in [5.74, 6) is 2.12. The molecule has 2 heterocycles. The van der Waals surface area contributed by atoms with Gasteiger partial charge in [-0.3, -0.25) is 4.90 Å². The molecular weight excluding hydrogens is 234 g/mol. The van der Waals surface area contributed by atoms with Crippen LogP contribution >= 0.6 is 0 Å². The molecule has 18 heavy (non-hydrogen) atoms. The molecule has 3 rings (SSSR count). The third-order valence-electron chi connectivity index (χ3n) is 3.35. The molecule has 1 unspecified atom stereocenters. The molecule has 0 bridgehead atoms. The van der Waals surface area contributed by atoms with Gasteiger partial charge in [0.2, 0.25) is 5.89 Å². The summed E-state index contributed by atoms with van der Waals surface area (Å²) in [5.41, 5.74) is 0. The molecule has 1 aromatic heterocycles. The standard InChI is InChI=1S/C12H19N3O3/c1-16-8-10-6-15(4-5-17-10)7-11-13-12(18-14-11)9-2-3-9/h9-10H,2-8H2,1H3. The van der Waals surface area contributed by atoms with Crippen LogP contribution in [0.5, 0.6) is 0 Å². The van der Waals surface area contributed by atoms with Crippen molar-refractivity contribution in [2.45, 2.75) is 31.4 Å². The van der Waals surface area contributed by atoms with Crippen LogP contribution in [-0.2, 0) is 16.0 Å². The van der Waals surface area contributed by atoms with Crippen LogP contribution < -0.4 is 0 Å². The first-order chi connectivity index (χ1) is 8.85. The minimum Gasteiger partial charge on any atom is -0.382 e. The average Bonchev–Trinajstić information content (AvgIpc) is 3.12. The van der Waals surface area contributed by atoms with Crippen LogP contribution in [0.3, 0.4) is 0 Å². The van der Waals surface area contributed by atoms with Gasteiger partial charge in [0, 0.05) is 26.1 Å². The van der Waals surface area contributed by atoms with Crippen LogP contribution in [0.1, 0.15) is 30.5 Å². The molecule has 0 radical (unpaired) electrons. The van der Waals surface area contributed by atoms with Crippen molar-refractivity contribution in [2.24, 2.45) is 0 Å². The lowest BCUT2D eigenvalue weighted by Gasteiger charge is -2.31. The molecule has 2 aliphatic rings. The number of aromatic nitrogens is 2. The van der Waals surface area contributed by atoms with Crippen LogP contribution in [0, 0.1) is 0 Å². The first-order valence-corrected chi connectivity index (χ1v) is 6.50. The van der Waals surface area contributed by atoms with Crippen LogP contribution in [0.4, 0.5) is 0 Å². The van der Waals surface area contributed by atoms with E-state index in [9.17, 15) is 0 Å².